The third-order valence-corrected chi connectivity index (χ3v) is 5.32. The highest BCUT2D eigenvalue weighted by Crippen LogP contribution is 2.22. The first-order valence-corrected chi connectivity index (χ1v) is 10.2. The highest BCUT2D eigenvalue weighted by molar-refractivity contribution is 6.02. The van der Waals surface area contributed by atoms with Crippen LogP contribution in [0.2, 0.25) is 0 Å². The Bertz CT molecular complexity index is 1010. The Balaban J connectivity index is 1.23. The van der Waals surface area contributed by atoms with Crippen molar-refractivity contribution in [3.8, 4) is 0 Å². The van der Waals surface area contributed by atoms with Crippen molar-refractivity contribution in [1.82, 2.24) is 9.80 Å². The summed E-state index contributed by atoms with van der Waals surface area (Å²) in [7, 11) is 0. The Morgan fingerprint density at radius 3 is 1.93 bits per heavy atom. The largest absolute Gasteiger partial charge is 0.325 e. The lowest BCUT2D eigenvalue weighted by atomic mass is 10.1. The molecule has 6 nitrogen and oxygen atoms in total. The minimum Gasteiger partial charge on any atom is -0.325 e. The van der Waals surface area contributed by atoms with Crippen molar-refractivity contribution in [2.75, 3.05) is 49.9 Å². The normalized spacial score (nSPS) is 15.1. The van der Waals surface area contributed by atoms with Gasteiger partial charge in [0.05, 0.1) is 13.1 Å². The summed E-state index contributed by atoms with van der Waals surface area (Å²) in [5, 5.41) is 8.11. The van der Waals surface area contributed by atoms with Crippen molar-refractivity contribution in [2.45, 2.75) is 0 Å². The van der Waals surface area contributed by atoms with Gasteiger partial charge >= 0.3 is 0 Å². The van der Waals surface area contributed by atoms with Crippen LogP contribution in [0.3, 0.4) is 0 Å². The second-order valence-electron chi connectivity index (χ2n) is 7.54. The zero-order valence-corrected chi connectivity index (χ0v) is 16.9. The number of nitrogens with zero attached hydrogens (tertiary/aromatic N) is 2. The van der Waals surface area contributed by atoms with Gasteiger partial charge in [0.1, 0.15) is 0 Å². The van der Waals surface area contributed by atoms with Crippen molar-refractivity contribution >= 4 is 34.0 Å². The van der Waals surface area contributed by atoms with Gasteiger partial charge in [-0.25, -0.2) is 0 Å². The molecule has 1 heterocycles. The molecular formula is C24H26N4O2. The molecule has 4 rings (SSSR count). The number of carbonyl (C=O) groups is 2. The summed E-state index contributed by atoms with van der Waals surface area (Å²) in [5.41, 5.74) is 1.65. The summed E-state index contributed by atoms with van der Waals surface area (Å²) in [4.78, 5) is 29.0. The van der Waals surface area contributed by atoms with Crippen LogP contribution in [0, 0.1) is 0 Å². The summed E-state index contributed by atoms with van der Waals surface area (Å²) < 4.78 is 0. The van der Waals surface area contributed by atoms with Crippen LogP contribution in [0.5, 0.6) is 0 Å². The molecular weight excluding hydrogens is 376 g/mol. The number of benzene rings is 3. The Kier molecular flexibility index (Phi) is 6.37. The maximum atomic E-state index is 12.6. The van der Waals surface area contributed by atoms with Crippen LogP contribution >= 0.6 is 0 Å². The van der Waals surface area contributed by atoms with E-state index in [1.54, 1.807) is 0 Å². The lowest BCUT2D eigenvalue weighted by Gasteiger charge is -2.33. The van der Waals surface area contributed by atoms with Crippen LogP contribution in [-0.2, 0) is 9.59 Å². The lowest BCUT2D eigenvalue weighted by Crippen LogP contribution is -2.50. The predicted octanol–water partition coefficient (Wildman–Crippen LogP) is 3.03. The van der Waals surface area contributed by atoms with Crippen molar-refractivity contribution in [3.05, 3.63) is 72.8 Å². The first kappa shape index (κ1) is 20.1. The van der Waals surface area contributed by atoms with E-state index in [0.717, 1.165) is 48.3 Å². The predicted molar refractivity (Wildman–Crippen MR) is 121 cm³/mol. The second-order valence-corrected chi connectivity index (χ2v) is 7.54. The molecule has 2 amide bonds. The molecule has 1 aliphatic heterocycles. The highest BCUT2D eigenvalue weighted by Gasteiger charge is 2.21. The minimum absolute atomic E-state index is 0.0108. The number of hydrogen-bond donors (Lipinski definition) is 2. The molecule has 154 valence electrons. The molecule has 0 unspecified atom stereocenters. The monoisotopic (exact) mass is 402 g/mol. The van der Waals surface area contributed by atoms with E-state index in [1.807, 2.05) is 72.8 Å². The molecule has 1 aliphatic rings. The van der Waals surface area contributed by atoms with Crippen molar-refractivity contribution < 1.29 is 9.59 Å². The van der Waals surface area contributed by atoms with Gasteiger partial charge in [0.25, 0.3) is 0 Å². The quantitative estimate of drug-likeness (QED) is 0.665. The van der Waals surface area contributed by atoms with E-state index in [1.165, 1.54) is 0 Å². The first-order chi connectivity index (χ1) is 14.7. The van der Waals surface area contributed by atoms with E-state index < -0.39 is 0 Å². The Morgan fingerprint density at radius 2 is 1.23 bits per heavy atom. The zero-order valence-electron chi connectivity index (χ0n) is 16.9. The molecule has 30 heavy (non-hydrogen) atoms. The fourth-order valence-corrected chi connectivity index (χ4v) is 3.76. The van der Waals surface area contributed by atoms with Gasteiger partial charge in [0, 0.05) is 42.9 Å². The van der Waals surface area contributed by atoms with E-state index in [0.29, 0.717) is 13.1 Å². The number of fused-ring (bicyclic) bond motifs is 1. The Hall–Kier alpha value is -3.22. The highest BCUT2D eigenvalue weighted by atomic mass is 16.2. The number of hydrogen-bond acceptors (Lipinski definition) is 4. The minimum atomic E-state index is -0.0124. The van der Waals surface area contributed by atoms with Crippen LogP contribution in [0.15, 0.2) is 72.8 Å². The smallest absolute Gasteiger partial charge is 0.238 e. The molecule has 3 aromatic carbocycles. The van der Waals surface area contributed by atoms with Crippen molar-refractivity contribution in [1.29, 1.82) is 0 Å². The molecule has 1 saturated heterocycles. The van der Waals surface area contributed by atoms with Gasteiger partial charge in [-0.2, -0.15) is 0 Å². The van der Waals surface area contributed by atoms with E-state index >= 15 is 0 Å². The molecule has 0 spiro atoms. The summed E-state index contributed by atoms with van der Waals surface area (Å²) in [5.74, 6) is -0.0232. The van der Waals surface area contributed by atoms with Gasteiger partial charge in [0.15, 0.2) is 0 Å². The van der Waals surface area contributed by atoms with Crippen LogP contribution in [-0.4, -0.2) is 60.9 Å². The fourth-order valence-electron chi connectivity index (χ4n) is 3.76. The number of rotatable bonds is 6. The maximum Gasteiger partial charge on any atom is 0.238 e. The summed E-state index contributed by atoms with van der Waals surface area (Å²) in [6.45, 7) is 3.79. The molecule has 6 heteroatoms. The number of piperazine rings is 1. The number of para-hydroxylation sites is 1. The van der Waals surface area contributed by atoms with Crippen molar-refractivity contribution in [2.24, 2.45) is 0 Å². The number of nitrogens with one attached hydrogen (secondary N) is 2. The van der Waals surface area contributed by atoms with Gasteiger partial charge < -0.3 is 10.6 Å². The third-order valence-electron chi connectivity index (χ3n) is 5.32. The molecule has 0 aliphatic carbocycles. The first-order valence-electron chi connectivity index (χ1n) is 10.2. The molecule has 0 atom stereocenters. The van der Waals surface area contributed by atoms with Gasteiger partial charge in [-0.05, 0) is 23.6 Å². The van der Waals surface area contributed by atoms with E-state index in [2.05, 4.69) is 20.4 Å². The summed E-state index contributed by atoms with van der Waals surface area (Å²) in [6.07, 6.45) is 0. The van der Waals surface area contributed by atoms with E-state index in [4.69, 9.17) is 0 Å². The number of amides is 2. The standard InChI is InChI=1S/C24H26N4O2/c29-23(25-20-9-2-1-3-10-20)17-27-13-15-28(16-14-27)18-24(30)26-22-12-6-8-19-7-4-5-11-21(19)22/h1-12H,13-18H2,(H,25,29)(H,26,30). The molecule has 1 fully saturated rings. The molecule has 3 aromatic rings. The Morgan fingerprint density at radius 1 is 0.667 bits per heavy atom. The molecule has 0 saturated carbocycles. The SMILES string of the molecule is O=C(CN1CCN(CC(=O)Nc2cccc3ccccc23)CC1)Nc1ccccc1. The topological polar surface area (TPSA) is 64.7 Å². The van der Waals surface area contributed by atoms with Crippen molar-refractivity contribution in [3.63, 3.8) is 0 Å². The van der Waals surface area contributed by atoms with E-state index in [9.17, 15) is 9.59 Å². The van der Waals surface area contributed by atoms with Crippen LogP contribution < -0.4 is 10.6 Å². The maximum absolute atomic E-state index is 12.6. The van der Waals surface area contributed by atoms with Crippen LogP contribution in [0.1, 0.15) is 0 Å². The number of anilines is 2. The molecule has 0 radical (unpaired) electrons. The average Bonchev–Trinajstić information content (AvgIpc) is 2.76. The lowest BCUT2D eigenvalue weighted by molar-refractivity contribution is -0.120. The van der Waals surface area contributed by atoms with Gasteiger partial charge in [0.2, 0.25) is 11.8 Å². The van der Waals surface area contributed by atoms with Gasteiger partial charge in [-0.15, -0.1) is 0 Å². The zero-order chi connectivity index (χ0) is 20.8. The van der Waals surface area contributed by atoms with Gasteiger partial charge in [-0.1, -0.05) is 54.6 Å². The molecule has 0 bridgehead atoms. The third kappa shape index (κ3) is 5.23. The molecule has 2 N–H and O–H groups in total. The fraction of sp³-hybridized carbons (Fsp3) is 0.250. The van der Waals surface area contributed by atoms with E-state index in [-0.39, 0.29) is 11.8 Å². The Labute approximate surface area is 176 Å². The van der Waals surface area contributed by atoms with Gasteiger partial charge in [-0.3, -0.25) is 19.4 Å². The number of carbonyl (C=O) groups excluding carboxylic acids is 2. The summed E-state index contributed by atoms with van der Waals surface area (Å²) in [6, 6.07) is 23.4. The second kappa shape index (κ2) is 9.52. The van der Waals surface area contributed by atoms with Crippen LogP contribution in [0.4, 0.5) is 11.4 Å². The summed E-state index contributed by atoms with van der Waals surface area (Å²) >= 11 is 0. The average molecular weight is 402 g/mol. The van der Waals surface area contributed by atoms with Crippen LogP contribution in [0.25, 0.3) is 10.8 Å². The molecule has 0 aromatic heterocycles.